The Morgan fingerprint density at radius 3 is 2.85 bits per heavy atom. The fraction of sp³-hybridized carbons (Fsp3) is 0.150. The standard InChI is InChI=1S/C20H19N5O/c1-13(26)17-6-4-7-18(24-17)16-11-19(25-20-15(16)8-10-22-20)23-12-14-5-2-3-9-21-14/h2-11,13,26H,12H2,1H3,(H2,22,23,25). The van der Waals surface area contributed by atoms with E-state index in [2.05, 4.69) is 25.3 Å². The third-order valence-electron chi connectivity index (χ3n) is 4.18. The van der Waals surface area contributed by atoms with Crippen molar-refractivity contribution in [1.29, 1.82) is 0 Å². The van der Waals surface area contributed by atoms with Gasteiger partial charge in [0.15, 0.2) is 0 Å². The molecule has 0 radical (unpaired) electrons. The second kappa shape index (κ2) is 6.93. The number of nitrogens with one attached hydrogen (secondary N) is 2. The first kappa shape index (κ1) is 16.2. The van der Waals surface area contributed by atoms with Gasteiger partial charge in [-0.05, 0) is 43.3 Å². The Morgan fingerprint density at radius 2 is 2.04 bits per heavy atom. The van der Waals surface area contributed by atoms with Crippen LogP contribution in [0.25, 0.3) is 22.3 Å². The molecule has 0 aliphatic carbocycles. The van der Waals surface area contributed by atoms with Crippen LogP contribution in [0.4, 0.5) is 5.82 Å². The van der Waals surface area contributed by atoms with Crippen LogP contribution >= 0.6 is 0 Å². The molecule has 0 saturated carbocycles. The number of fused-ring (bicyclic) bond motifs is 1. The van der Waals surface area contributed by atoms with Crippen molar-refractivity contribution < 1.29 is 5.11 Å². The zero-order valence-electron chi connectivity index (χ0n) is 14.3. The van der Waals surface area contributed by atoms with Crippen LogP contribution in [0.15, 0.2) is 60.9 Å². The second-order valence-electron chi connectivity index (χ2n) is 6.09. The molecule has 26 heavy (non-hydrogen) atoms. The Morgan fingerprint density at radius 1 is 1.12 bits per heavy atom. The van der Waals surface area contributed by atoms with Crippen molar-refractivity contribution in [2.75, 3.05) is 5.32 Å². The van der Waals surface area contributed by atoms with E-state index in [-0.39, 0.29) is 0 Å². The average Bonchev–Trinajstić information content (AvgIpc) is 3.15. The molecule has 0 fully saturated rings. The summed E-state index contributed by atoms with van der Waals surface area (Å²) < 4.78 is 0. The van der Waals surface area contributed by atoms with Crippen LogP contribution in [-0.4, -0.2) is 25.0 Å². The van der Waals surface area contributed by atoms with Gasteiger partial charge in [0, 0.05) is 23.3 Å². The molecule has 0 aliphatic rings. The highest BCUT2D eigenvalue weighted by molar-refractivity contribution is 5.93. The first-order valence-corrected chi connectivity index (χ1v) is 8.48. The molecule has 0 bridgehead atoms. The third kappa shape index (κ3) is 3.27. The Labute approximate surface area is 151 Å². The number of pyridine rings is 3. The lowest BCUT2D eigenvalue weighted by atomic mass is 10.1. The Kier molecular flexibility index (Phi) is 4.33. The molecule has 6 heteroatoms. The lowest BCUT2D eigenvalue weighted by Gasteiger charge is -2.11. The Bertz CT molecular complexity index is 1030. The maximum Gasteiger partial charge on any atom is 0.140 e. The highest BCUT2D eigenvalue weighted by atomic mass is 16.3. The highest BCUT2D eigenvalue weighted by Crippen LogP contribution is 2.29. The molecule has 1 atom stereocenters. The minimum absolute atomic E-state index is 0.584. The molecule has 4 heterocycles. The molecule has 0 aromatic carbocycles. The van der Waals surface area contributed by atoms with Gasteiger partial charge in [0.25, 0.3) is 0 Å². The average molecular weight is 345 g/mol. The lowest BCUT2D eigenvalue weighted by Crippen LogP contribution is -2.04. The van der Waals surface area contributed by atoms with Gasteiger partial charge >= 0.3 is 0 Å². The van der Waals surface area contributed by atoms with Crippen molar-refractivity contribution in [3.05, 3.63) is 72.3 Å². The first-order chi connectivity index (χ1) is 12.7. The quantitative estimate of drug-likeness (QED) is 0.513. The Balaban J connectivity index is 1.72. The van der Waals surface area contributed by atoms with Gasteiger partial charge in [-0.2, -0.15) is 0 Å². The van der Waals surface area contributed by atoms with Crippen LogP contribution in [0.2, 0.25) is 0 Å². The van der Waals surface area contributed by atoms with E-state index in [4.69, 9.17) is 0 Å². The number of aliphatic hydroxyl groups is 1. The third-order valence-corrected chi connectivity index (χ3v) is 4.18. The van der Waals surface area contributed by atoms with Crippen molar-refractivity contribution in [3.63, 3.8) is 0 Å². The van der Waals surface area contributed by atoms with Crippen molar-refractivity contribution in [1.82, 2.24) is 19.9 Å². The van der Waals surface area contributed by atoms with Gasteiger partial charge in [0.05, 0.1) is 29.7 Å². The number of aliphatic hydroxyl groups excluding tert-OH is 1. The number of hydrogen-bond donors (Lipinski definition) is 3. The molecule has 3 N–H and O–H groups in total. The number of H-pyrrole nitrogens is 1. The monoisotopic (exact) mass is 345 g/mol. The topological polar surface area (TPSA) is 86.7 Å². The molecule has 0 amide bonds. The molecule has 1 unspecified atom stereocenters. The number of aromatic nitrogens is 4. The number of anilines is 1. The molecule has 0 aliphatic heterocycles. The molecular formula is C20H19N5O. The highest BCUT2D eigenvalue weighted by Gasteiger charge is 2.12. The summed E-state index contributed by atoms with van der Waals surface area (Å²) in [5, 5.41) is 14.1. The van der Waals surface area contributed by atoms with E-state index >= 15 is 0 Å². The molecule has 6 nitrogen and oxygen atoms in total. The Hall–Kier alpha value is -3.25. The van der Waals surface area contributed by atoms with Gasteiger partial charge in [-0.1, -0.05) is 12.1 Å². The van der Waals surface area contributed by atoms with E-state index < -0.39 is 6.10 Å². The second-order valence-corrected chi connectivity index (χ2v) is 6.09. The van der Waals surface area contributed by atoms with E-state index in [1.54, 1.807) is 13.1 Å². The van der Waals surface area contributed by atoms with E-state index in [0.29, 0.717) is 12.2 Å². The van der Waals surface area contributed by atoms with Crippen LogP contribution in [0.1, 0.15) is 24.4 Å². The van der Waals surface area contributed by atoms with Gasteiger partial charge in [0.2, 0.25) is 0 Å². The summed E-state index contributed by atoms with van der Waals surface area (Å²) in [6.45, 7) is 2.30. The molecule has 4 aromatic rings. The summed E-state index contributed by atoms with van der Waals surface area (Å²) in [5.74, 6) is 0.741. The van der Waals surface area contributed by atoms with E-state index in [0.717, 1.165) is 33.8 Å². The van der Waals surface area contributed by atoms with Crippen LogP contribution in [-0.2, 0) is 6.54 Å². The van der Waals surface area contributed by atoms with Crippen LogP contribution in [0, 0.1) is 0 Å². The van der Waals surface area contributed by atoms with Crippen molar-refractivity contribution in [2.45, 2.75) is 19.6 Å². The number of aromatic amines is 1. The van der Waals surface area contributed by atoms with Gasteiger partial charge in [-0.3, -0.25) is 9.97 Å². The fourth-order valence-corrected chi connectivity index (χ4v) is 2.86. The van der Waals surface area contributed by atoms with Gasteiger partial charge in [-0.15, -0.1) is 0 Å². The molecule has 4 rings (SSSR count). The normalized spacial score (nSPS) is 12.2. The van der Waals surface area contributed by atoms with Gasteiger partial charge in [-0.25, -0.2) is 4.98 Å². The minimum atomic E-state index is -0.611. The summed E-state index contributed by atoms with van der Waals surface area (Å²) in [4.78, 5) is 16.7. The maximum absolute atomic E-state index is 9.83. The smallest absolute Gasteiger partial charge is 0.140 e. The molecule has 0 spiro atoms. The van der Waals surface area contributed by atoms with E-state index in [9.17, 15) is 5.11 Å². The first-order valence-electron chi connectivity index (χ1n) is 8.48. The predicted octanol–water partition coefficient (Wildman–Crippen LogP) is 3.69. The lowest BCUT2D eigenvalue weighted by molar-refractivity contribution is 0.194. The van der Waals surface area contributed by atoms with Gasteiger partial charge in [0.1, 0.15) is 11.5 Å². The summed E-state index contributed by atoms with van der Waals surface area (Å²) >= 11 is 0. The fourth-order valence-electron chi connectivity index (χ4n) is 2.86. The number of nitrogens with zero attached hydrogens (tertiary/aromatic N) is 3. The van der Waals surface area contributed by atoms with Crippen LogP contribution < -0.4 is 5.32 Å². The summed E-state index contributed by atoms with van der Waals surface area (Å²) in [6.07, 6.45) is 3.03. The number of hydrogen-bond acceptors (Lipinski definition) is 5. The maximum atomic E-state index is 9.83. The van der Waals surface area contributed by atoms with Crippen LogP contribution in [0.3, 0.4) is 0 Å². The van der Waals surface area contributed by atoms with Crippen molar-refractivity contribution in [3.8, 4) is 11.3 Å². The summed E-state index contributed by atoms with van der Waals surface area (Å²) in [6, 6.07) is 15.5. The van der Waals surface area contributed by atoms with Gasteiger partial charge < -0.3 is 15.4 Å². The molecule has 0 saturated heterocycles. The van der Waals surface area contributed by atoms with Crippen molar-refractivity contribution in [2.24, 2.45) is 0 Å². The zero-order valence-corrected chi connectivity index (χ0v) is 14.3. The van der Waals surface area contributed by atoms with E-state index in [1.165, 1.54) is 0 Å². The SMILES string of the molecule is CC(O)c1cccc(-c2cc(NCc3ccccn3)nc3[nH]ccc23)n1. The van der Waals surface area contributed by atoms with Crippen molar-refractivity contribution >= 4 is 16.9 Å². The molecular weight excluding hydrogens is 326 g/mol. The summed E-state index contributed by atoms with van der Waals surface area (Å²) in [5.41, 5.74) is 4.14. The molecule has 130 valence electrons. The predicted molar refractivity (Wildman–Crippen MR) is 102 cm³/mol. The van der Waals surface area contributed by atoms with Crippen LogP contribution in [0.5, 0.6) is 0 Å². The largest absolute Gasteiger partial charge is 0.387 e. The summed E-state index contributed by atoms with van der Waals surface area (Å²) in [7, 11) is 0. The van der Waals surface area contributed by atoms with E-state index in [1.807, 2.05) is 54.7 Å². The number of rotatable bonds is 5. The molecule has 4 aromatic heterocycles. The minimum Gasteiger partial charge on any atom is -0.387 e. The zero-order chi connectivity index (χ0) is 17.9.